The Balaban J connectivity index is 1.36. The van der Waals surface area contributed by atoms with Gasteiger partial charge < -0.3 is 15.1 Å². The molecule has 0 radical (unpaired) electrons. The fourth-order valence-corrected chi connectivity index (χ4v) is 3.06. The molecule has 0 bridgehead atoms. The summed E-state index contributed by atoms with van der Waals surface area (Å²) in [5, 5.41) is 9.40. The summed E-state index contributed by atoms with van der Waals surface area (Å²) in [6.07, 6.45) is 5.31. The van der Waals surface area contributed by atoms with E-state index in [1.165, 1.54) is 0 Å². The van der Waals surface area contributed by atoms with E-state index in [1.807, 2.05) is 54.0 Å². The van der Waals surface area contributed by atoms with Crippen LogP contribution in [0, 0.1) is 0 Å². The molecule has 4 heterocycles. The molecule has 4 aromatic rings. The van der Waals surface area contributed by atoms with E-state index in [4.69, 9.17) is 4.42 Å². The van der Waals surface area contributed by atoms with E-state index in [0.29, 0.717) is 6.54 Å². The van der Waals surface area contributed by atoms with Crippen LogP contribution >= 0.6 is 11.3 Å². The Hall–Kier alpha value is -3.03. The van der Waals surface area contributed by atoms with Crippen LogP contribution in [0.2, 0.25) is 0 Å². The lowest BCUT2D eigenvalue weighted by Gasteiger charge is -2.07. The third kappa shape index (κ3) is 4.14. The predicted octanol–water partition coefficient (Wildman–Crippen LogP) is 4.23. The molecule has 2 N–H and O–H groups in total. The van der Waals surface area contributed by atoms with Gasteiger partial charge in [0.05, 0.1) is 12.8 Å². The zero-order valence-corrected chi connectivity index (χ0v) is 14.7. The molecule has 0 atom stereocenters. The van der Waals surface area contributed by atoms with Crippen LogP contribution in [0.15, 0.2) is 70.9 Å². The number of aromatic nitrogens is 3. The molecular formula is C19H17N5OS. The predicted molar refractivity (Wildman–Crippen MR) is 102 cm³/mol. The standard InChI is InChI=1S/C19H17N5OS/c1-4-16(19-21-8-10-26-19)23-18(5-1)24-17-7-6-14(12-22-17)11-20-13-15-3-2-9-25-15/h1-10,12,20H,11,13H2,(H,22,23,24). The van der Waals surface area contributed by atoms with Crippen molar-refractivity contribution in [2.75, 3.05) is 5.32 Å². The van der Waals surface area contributed by atoms with Crippen molar-refractivity contribution in [1.82, 2.24) is 20.3 Å². The van der Waals surface area contributed by atoms with E-state index in [2.05, 4.69) is 25.6 Å². The van der Waals surface area contributed by atoms with Gasteiger partial charge in [0.15, 0.2) is 0 Å². The molecule has 4 aromatic heterocycles. The van der Waals surface area contributed by atoms with Gasteiger partial charge in [-0.15, -0.1) is 11.3 Å². The van der Waals surface area contributed by atoms with Gasteiger partial charge in [-0.2, -0.15) is 0 Å². The molecule has 4 rings (SSSR count). The number of furan rings is 1. The van der Waals surface area contributed by atoms with Gasteiger partial charge in [0.25, 0.3) is 0 Å². The second-order valence-electron chi connectivity index (χ2n) is 5.60. The van der Waals surface area contributed by atoms with Crippen molar-refractivity contribution in [3.63, 3.8) is 0 Å². The Labute approximate surface area is 155 Å². The van der Waals surface area contributed by atoms with Gasteiger partial charge in [0, 0.05) is 24.3 Å². The van der Waals surface area contributed by atoms with Crippen LogP contribution in [0.4, 0.5) is 11.6 Å². The number of hydrogen-bond acceptors (Lipinski definition) is 7. The lowest BCUT2D eigenvalue weighted by atomic mass is 10.2. The van der Waals surface area contributed by atoms with Crippen LogP contribution in [0.1, 0.15) is 11.3 Å². The SMILES string of the molecule is c1cc(Nc2ccc(CNCc3ccco3)cn2)nc(-c2nccs2)c1. The van der Waals surface area contributed by atoms with E-state index >= 15 is 0 Å². The van der Waals surface area contributed by atoms with Gasteiger partial charge in [-0.3, -0.25) is 0 Å². The van der Waals surface area contributed by atoms with Crippen molar-refractivity contribution in [2.24, 2.45) is 0 Å². The van der Waals surface area contributed by atoms with Gasteiger partial charge in [-0.25, -0.2) is 15.0 Å². The molecule has 26 heavy (non-hydrogen) atoms. The summed E-state index contributed by atoms with van der Waals surface area (Å²) in [6, 6.07) is 13.6. The number of thiazole rings is 1. The topological polar surface area (TPSA) is 75.9 Å². The highest BCUT2D eigenvalue weighted by atomic mass is 32.1. The summed E-state index contributed by atoms with van der Waals surface area (Å²) in [4.78, 5) is 13.3. The summed E-state index contributed by atoms with van der Waals surface area (Å²) in [6.45, 7) is 1.42. The second kappa shape index (κ2) is 7.90. The molecule has 0 aliphatic carbocycles. The first-order valence-corrected chi connectivity index (χ1v) is 9.07. The molecular weight excluding hydrogens is 346 g/mol. The molecule has 0 aliphatic rings. The van der Waals surface area contributed by atoms with Crippen LogP contribution in [0.25, 0.3) is 10.7 Å². The summed E-state index contributed by atoms with van der Waals surface area (Å²) in [5.41, 5.74) is 1.95. The molecule has 7 heteroatoms. The van der Waals surface area contributed by atoms with Crippen LogP contribution in [-0.4, -0.2) is 15.0 Å². The third-order valence-electron chi connectivity index (χ3n) is 3.69. The molecule has 0 saturated heterocycles. The molecule has 0 aliphatic heterocycles. The Kier molecular flexibility index (Phi) is 5.00. The van der Waals surface area contributed by atoms with E-state index in [-0.39, 0.29) is 0 Å². The van der Waals surface area contributed by atoms with Crippen molar-refractivity contribution in [3.05, 3.63) is 77.8 Å². The number of nitrogens with one attached hydrogen (secondary N) is 2. The zero-order valence-electron chi connectivity index (χ0n) is 13.9. The first-order valence-electron chi connectivity index (χ1n) is 8.19. The van der Waals surface area contributed by atoms with Crippen LogP contribution in [-0.2, 0) is 13.1 Å². The lowest BCUT2D eigenvalue weighted by molar-refractivity contribution is 0.483. The maximum absolute atomic E-state index is 5.29. The Morgan fingerprint density at radius 2 is 1.96 bits per heavy atom. The fourth-order valence-electron chi connectivity index (χ4n) is 2.45. The van der Waals surface area contributed by atoms with Crippen molar-refractivity contribution >= 4 is 23.0 Å². The fraction of sp³-hybridized carbons (Fsp3) is 0.105. The lowest BCUT2D eigenvalue weighted by Crippen LogP contribution is -2.12. The number of pyridine rings is 2. The first kappa shape index (κ1) is 16.4. The first-order chi connectivity index (χ1) is 12.9. The monoisotopic (exact) mass is 363 g/mol. The van der Waals surface area contributed by atoms with Crippen molar-refractivity contribution in [3.8, 4) is 10.7 Å². The van der Waals surface area contributed by atoms with E-state index in [0.717, 1.165) is 40.2 Å². The van der Waals surface area contributed by atoms with Crippen LogP contribution in [0.5, 0.6) is 0 Å². The third-order valence-corrected chi connectivity index (χ3v) is 4.49. The van der Waals surface area contributed by atoms with Crippen LogP contribution in [0.3, 0.4) is 0 Å². The molecule has 6 nitrogen and oxygen atoms in total. The molecule has 0 amide bonds. The molecule has 0 saturated carbocycles. The maximum Gasteiger partial charge on any atom is 0.141 e. The maximum atomic E-state index is 5.29. The molecule has 0 aromatic carbocycles. The van der Waals surface area contributed by atoms with Gasteiger partial charge >= 0.3 is 0 Å². The van der Waals surface area contributed by atoms with Crippen molar-refractivity contribution in [1.29, 1.82) is 0 Å². The minimum atomic E-state index is 0.695. The quantitative estimate of drug-likeness (QED) is 0.512. The van der Waals surface area contributed by atoms with E-state index in [1.54, 1.807) is 23.8 Å². The summed E-state index contributed by atoms with van der Waals surface area (Å²) >= 11 is 1.57. The van der Waals surface area contributed by atoms with Gasteiger partial charge in [-0.1, -0.05) is 12.1 Å². The number of anilines is 2. The van der Waals surface area contributed by atoms with Gasteiger partial charge in [0.1, 0.15) is 28.1 Å². The summed E-state index contributed by atoms with van der Waals surface area (Å²) < 4.78 is 5.29. The molecule has 130 valence electrons. The van der Waals surface area contributed by atoms with Crippen molar-refractivity contribution in [2.45, 2.75) is 13.1 Å². The second-order valence-corrected chi connectivity index (χ2v) is 6.50. The van der Waals surface area contributed by atoms with E-state index < -0.39 is 0 Å². The average Bonchev–Trinajstić information content (AvgIpc) is 3.38. The number of nitrogens with zero attached hydrogens (tertiary/aromatic N) is 3. The van der Waals surface area contributed by atoms with Gasteiger partial charge in [0.2, 0.25) is 0 Å². The highest BCUT2D eigenvalue weighted by Gasteiger charge is 2.04. The average molecular weight is 363 g/mol. The minimum Gasteiger partial charge on any atom is -0.468 e. The summed E-state index contributed by atoms with van der Waals surface area (Å²) in [5.74, 6) is 2.42. The highest BCUT2D eigenvalue weighted by Crippen LogP contribution is 2.22. The molecule has 0 fully saturated rings. The minimum absolute atomic E-state index is 0.695. The van der Waals surface area contributed by atoms with E-state index in [9.17, 15) is 0 Å². The Bertz CT molecular complexity index is 937. The van der Waals surface area contributed by atoms with Crippen molar-refractivity contribution < 1.29 is 4.42 Å². The zero-order chi connectivity index (χ0) is 17.6. The van der Waals surface area contributed by atoms with Crippen LogP contribution < -0.4 is 10.6 Å². The molecule has 0 unspecified atom stereocenters. The Morgan fingerprint density at radius 1 is 0.962 bits per heavy atom. The highest BCUT2D eigenvalue weighted by molar-refractivity contribution is 7.13. The number of hydrogen-bond donors (Lipinski definition) is 2. The smallest absolute Gasteiger partial charge is 0.141 e. The van der Waals surface area contributed by atoms with Gasteiger partial charge in [-0.05, 0) is 35.9 Å². The normalized spacial score (nSPS) is 10.8. The largest absolute Gasteiger partial charge is 0.468 e. The summed E-state index contributed by atoms with van der Waals surface area (Å²) in [7, 11) is 0. The number of rotatable bonds is 7. The molecule has 0 spiro atoms. The Morgan fingerprint density at radius 3 is 2.73 bits per heavy atom.